The number of hydrogen-bond donors (Lipinski definition) is 1. The zero-order valence-electron chi connectivity index (χ0n) is 17.4. The third-order valence-electron chi connectivity index (χ3n) is 4.44. The summed E-state index contributed by atoms with van der Waals surface area (Å²) in [4.78, 5) is 26.0. The van der Waals surface area contributed by atoms with Crippen LogP contribution in [-0.4, -0.2) is 25.0 Å². The lowest BCUT2D eigenvalue weighted by molar-refractivity contribution is -0.117. The van der Waals surface area contributed by atoms with E-state index in [1.165, 1.54) is 12.5 Å². The number of carbonyl (C=O) groups excluding carboxylic acids is 2. The molecule has 0 bridgehead atoms. The van der Waals surface area contributed by atoms with Crippen molar-refractivity contribution in [3.05, 3.63) is 54.1 Å². The average molecular weight is 383 g/mol. The summed E-state index contributed by atoms with van der Waals surface area (Å²) < 4.78 is 5.39. The first kappa shape index (κ1) is 21.5. The zero-order chi connectivity index (χ0) is 20.7. The second-order valence-electron chi connectivity index (χ2n) is 7.72. The fraction of sp³-hybridized carbons (Fsp3) is 0.391. The molecule has 2 rings (SSSR count). The Morgan fingerprint density at radius 2 is 1.61 bits per heavy atom. The highest BCUT2D eigenvalue weighted by atomic mass is 16.5. The van der Waals surface area contributed by atoms with Crippen molar-refractivity contribution in [2.75, 3.05) is 23.4 Å². The third kappa shape index (κ3) is 6.12. The number of ether oxygens (including phenoxy) is 1. The summed E-state index contributed by atoms with van der Waals surface area (Å²) in [5.74, 6) is 0.543. The molecule has 0 fully saturated rings. The standard InChI is InChI=1S/C23H30N2O3/c1-6-28-21-13-9-19(10-14-21)24-22(27)15-16-25(17(2)26)20-11-7-18(8-12-20)23(3,4)5/h7-14H,6,15-16H2,1-5H3,(H,24,27). The van der Waals surface area contributed by atoms with Gasteiger partial charge in [-0.05, 0) is 54.3 Å². The number of carbonyl (C=O) groups is 2. The fourth-order valence-electron chi connectivity index (χ4n) is 2.85. The van der Waals surface area contributed by atoms with E-state index in [0.717, 1.165) is 11.4 Å². The normalized spacial score (nSPS) is 11.0. The first-order valence-electron chi connectivity index (χ1n) is 9.62. The van der Waals surface area contributed by atoms with Gasteiger partial charge in [-0.2, -0.15) is 0 Å². The molecule has 0 saturated carbocycles. The first-order chi connectivity index (χ1) is 13.2. The van der Waals surface area contributed by atoms with Crippen molar-refractivity contribution in [2.24, 2.45) is 0 Å². The maximum atomic E-state index is 12.3. The van der Waals surface area contributed by atoms with E-state index in [2.05, 4.69) is 26.1 Å². The van der Waals surface area contributed by atoms with E-state index in [-0.39, 0.29) is 23.7 Å². The fourth-order valence-corrected chi connectivity index (χ4v) is 2.85. The van der Waals surface area contributed by atoms with E-state index in [4.69, 9.17) is 4.74 Å². The summed E-state index contributed by atoms with van der Waals surface area (Å²) >= 11 is 0. The Balaban J connectivity index is 1.97. The minimum absolute atomic E-state index is 0.0528. The quantitative estimate of drug-likeness (QED) is 0.751. The highest BCUT2D eigenvalue weighted by molar-refractivity contribution is 5.94. The van der Waals surface area contributed by atoms with Crippen molar-refractivity contribution in [3.63, 3.8) is 0 Å². The van der Waals surface area contributed by atoms with Crippen LogP contribution in [0.5, 0.6) is 5.75 Å². The highest BCUT2D eigenvalue weighted by Crippen LogP contribution is 2.25. The number of nitrogens with one attached hydrogen (secondary N) is 1. The Morgan fingerprint density at radius 1 is 1.00 bits per heavy atom. The van der Waals surface area contributed by atoms with Gasteiger partial charge in [0.05, 0.1) is 6.61 Å². The summed E-state index contributed by atoms with van der Waals surface area (Å²) in [5, 5.41) is 2.85. The van der Waals surface area contributed by atoms with E-state index >= 15 is 0 Å². The lowest BCUT2D eigenvalue weighted by Crippen LogP contribution is -2.32. The van der Waals surface area contributed by atoms with Gasteiger partial charge in [0.2, 0.25) is 11.8 Å². The summed E-state index contributed by atoms with van der Waals surface area (Å²) in [7, 11) is 0. The molecule has 5 nitrogen and oxygen atoms in total. The van der Waals surface area contributed by atoms with Gasteiger partial charge in [0.1, 0.15) is 5.75 Å². The Labute approximate surface area is 167 Å². The molecular formula is C23H30N2O3. The van der Waals surface area contributed by atoms with Gasteiger partial charge in [0, 0.05) is 31.3 Å². The van der Waals surface area contributed by atoms with E-state index in [1.54, 1.807) is 17.0 Å². The molecule has 28 heavy (non-hydrogen) atoms. The van der Waals surface area contributed by atoms with Crippen molar-refractivity contribution in [2.45, 2.75) is 46.5 Å². The Morgan fingerprint density at radius 3 is 2.11 bits per heavy atom. The van der Waals surface area contributed by atoms with Gasteiger partial charge >= 0.3 is 0 Å². The van der Waals surface area contributed by atoms with E-state index in [9.17, 15) is 9.59 Å². The molecule has 150 valence electrons. The molecule has 0 heterocycles. The summed E-state index contributed by atoms with van der Waals surface area (Å²) in [6.07, 6.45) is 0.216. The molecule has 1 N–H and O–H groups in total. The molecule has 0 aliphatic heterocycles. The summed E-state index contributed by atoms with van der Waals surface area (Å²) in [5.41, 5.74) is 2.76. The van der Waals surface area contributed by atoms with Crippen LogP contribution in [0.25, 0.3) is 0 Å². The summed E-state index contributed by atoms with van der Waals surface area (Å²) in [6, 6.07) is 15.2. The largest absolute Gasteiger partial charge is 0.494 e. The maximum Gasteiger partial charge on any atom is 0.226 e. The van der Waals surface area contributed by atoms with Crippen molar-refractivity contribution >= 4 is 23.2 Å². The number of benzene rings is 2. The van der Waals surface area contributed by atoms with Gasteiger partial charge in [-0.1, -0.05) is 32.9 Å². The van der Waals surface area contributed by atoms with Crippen LogP contribution in [0.15, 0.2) is 48.5 Å². The smallest absolute Gasteiger partial charge is 0.226 e. The number of nitrogens with zero attached hydrogens (tertiary/aromatic N) is 1. The first-order valence-corrected chi connectivity index (χ1v) is 9.62. The molecule has 0 aliphatic rings. The van der Waals surface area contributed by atoms with Crippen LogP contribution in [0, 0.1) is 0 Å². The van der Waals surface area contributed by atoms with Crippen LogP contribution >= 0.6 is 0 Å². The van der Waals surface area contributed by atoms with Gasteiger partial charge in [-0.15, -0.1) is 0 Å². The van der Waals surface area contributed by atoms with Crippen LogP contribution in [0.1, 0.15) is 46.6 Å². The topological polar surface area (TPSA) is 58.6 Å². The number of anilines is 2. The van der Waals surface area contributed by atoms with Crippen LogP contribution in [-0.2, 0) is 15.0 Å². The van der Waals surface area contributed by atoms with Crippen molar-refractivity contribution < 1.29 is 14.3 Å². The van der Waals surface area contributed by atoms with E-state index < -0.39 is 0 Å². The lowest BCUT2D eigenvalue weighted by atomic mass is 9.87. The Bertz CT molecular complexity index is 790. The number of hydrogen-bond acceptors (Lipinski definition) is 3. The monoisotopic (exact) mass is 382 g/mol. The molecule has 2 amide bonds. The van der Waals surface area contributed by atoms with Gasteiger partial charge < -0.3 is 15.0 Å². The van der Waals surface area contributed by atoms with E-state index in [1.807, 2.05) is 43.3 Å². The molecule has 0 radical (unpaired) electrons. The number of amides is 2. The second-order valence-corrected chi connectivity index (χ2v) is 7.72. The minimum Gasteiger partial charge on any atom is -0.494 e. The minimum atomic E-state index is -0.137. The molecular weight excluding hydrogens is 352 g/mol. The van der Waals surface area contributed by atoms with E-state index in [0.29, 0.717) is 18.8 Å². The SMILES string of the molecule is CCOc1ccc(NC(=O)CCN(C(C)=O)c2ccc(C(C)(C)C)cc2)cc1. The molecule has 2 aromatic rings. The van der Waals surface area contributed by atoms with Crippen molar-refractivity contribution in [3.8, 4) is 5.75 Å². The molecule has 2 aromatic carbocycles. The van der Waals surface area contributed by atoms with Gasteiger partial charge in [-0.3, -0.25) is 9.59 Å². The predicted molar refractivity (Wildman–Crippen MR) is 114 cm³/mol. The van der Waals surface area contributed by atoms with Crippen LogP contribution in [0.2, 0.25) is 0 Å². The van der Waals surface area contributed by atoms with Crippen LogP contribution < -0.4 is 15.0 Å². The highest BCUT2D eigenvalue weighted by Gasteiger charge is 2.17. The predicted octanol–water partition coefficient (Wildman–Crippen LogP) is 4.76. The van der Waals surface area contributed by atoms with Crippen molar-refractivity contribution in [1.82, 2.24) is 0 Å². The molecule has 0 spiro atoms. The van der Waals surface area contributed by atoms with Gasteiger partial charge in [0.15, 0.2) is 0 Å². The molecule has 5 heteroatoms. The van der Waals surface area contributed by atoms with Crippen LogP contribution in [0.3, 0.4) is 0 Å². The zero-order valence-corrected chi connectivity index (χ0v) is 17.4. The molecule has 0 unspecified atom stereocenters. The molecule has 0 atom stereocenters. The lowest BCUT2D eigenvalue weighted by Gasteiger charge is -2.23. The molecule has 0 aliphatic carbocycles. The summed E-state index contributed by atoms with van der Waals surface area (Å²) in [6.45, 7) is 10.8. The maximum absolute atomic E-state index is 12.3. The Hall–Kier alpha value is -2.82. The average Bonchev–Trinajstić information content (AvgIpc) is 2.63. The molecule has 0 aromatic heterocycles. The van der Waals surface area contributed by atoms with Crippen molar-refractivity contribution in [1.29, 1.82) is 0 Å². The third-order valence-corrected chi connectivity index (χ3v) is 4.44. The molecule has 0 saturated heterocycles. The van der Waals surface area contributed by atoms with Gasteiger partial charge in [-0.25, -0.2) is 0 Å². The van der Waals surface area contributed by atoms with Crippen LogP contribution in [0.4, 0.5) is 11.4 Å². The Kier molecular flexibility index (Phi) is 7.21. The van der Waals surface area contributed by atoms with Gasteiger partial charge in [0.25, 0.3) is 0 Å². The second kappa shape index (κ2) is 9.40. The number of rotatable bonds is 7.